The van der Waals surface area contributed by atoms with Crippen LogP contribution < -0.4 is 5.32 Å². The predicted molar refractivity (Wildman–Crippen MR) is 81.0 cm³/mol. The van der Waals surface area contributed by atoms with Gasteiger partial charge in [-0.3, -0.25) is 20.3 Å². The highest BCUT2D eigenvalue weighted by molar-refractivity contribution is 5.96. The largest absolute Gasteiger partial charge is 0.461 e. The average molecular weight is 297 g/mol. The van der Waals surface area contributed by atoms with Crippen LogP contribution in [0.5, 0.6) is 0 Å². The number of amides is 1. The van der Waals surface area contributed by atoms with E-state index < -0.39 is 0 Å². The van der Waals surface area contributed by atoms with E-state index in [-0.39, 0.29) is 30.5 Å². The molecule has 21 heavy (non-hydrogen) atoms. The van der Waals surface area contributed by atoms with E-state index in [0.717, 1.165) is 44.9 Å². The van der Waals surface area contributed by atoms with E-state index >= 15 is 0 Å². The van der Waals surface area contributed by atoms with Gasteiger partial charge in [0.25, 0.3) is 0 Å². The van der Waals surface area contributed by atoms with Crippen molar-refractivity contribution >= 4 is 17.8 Å². The summed E-state index contributed by atoms with van der Waals surface area (Å²) in [5.74, 6) is -0.570. The first kappa shape index (κ1) is 17.5. The van der Waals surface area contributed by atoms with E-state index in [1.807, 2.05) is 6.92 Å². The minimum Gasteiger partial charge on any atom is -0.461 e. The quantitative estimate of drug-likeness (QED) is 0.726. The first-order valence-electron chi connectivity index (χ1n) is 7.82. The molecule has 0 bridgehead atoms. The van der Waals surface area contributed by atoms with Crippen LogP contribution in [0.1, 0.15) is 58.3 Å². The van der Waals surface area contributed by atoms with E-state index in [9.17, 15) is 9.59 Å². The first-order valence-corrected chi connectivity index (χ1v) is 7.82. The Kier molecular flexibility index (Phi) is 7.79. The van der Waals surface area contributed by atoms with Crippen molar-refractivity contribution in [1.29, 1.82) is 5.41 Å². The summed E-state index contributed by atoms with van der Waals surface area (Å²) < 4.78 is 5.43. The number of carbonyl (C=O) groups excluding carboxylic acids is 2. The van der Waals surface area contributed by atoms with Gasteiger partial charge in [-0.1, -0.05) is 26.2 Å². The number of hydrogen-bond acceptors (Lipinski definition) is 4. The van der Waals surface area contributed by atoms with Crippen molar-refractivity contribution in [2.24, 2.45) is 0 Å². The topological polar surface area (TPSA) is 82.5 Å². The maximum atomic E-state index is 11.9. The maximum absolute atomic E-state index is 11.9. The molecule has 120 valence electrons. The van der Waals surface area contributed by atoms with Crippen molar-refractivity contribution in [2.45, 2.75) is 64.4 Å². The zero-order valence-corrected chi connectivity index (χ0v) is 13.1. The van der Waals surface area contributed by atoms with Gasteiger partial charge in [0.1, 0.15) is 12.6 Å². The number of carbonyl (C=O) groups is 2. The van der Waals surface area contributed by atoms with Gasteiger partial charge in [-0.05, 0) is 25.7 Å². The number of esters is 1. The predicted octanol–water partition coefficient (Wildman–Crippen LogP) is 2.04. The Hall–Kier alpha value is -1.59. The Labute approximate surface area is 126 Å². The van der Waals surface area contributed by atoms with Crippen LogP contribution in [0.15, 0.2) is 0 Å². The van der Waals surface area contributed by atoms with Crippen LogP contribution in [0, 0.1) is 5.41 Å². The molecular formula is C15H27N3O3. The lowest BCUT2D eigenvalue weighted by Gasteiger charge is -2.21. The summed E-state index contributed by atoms with van der Waals surface area (Å²) in [4.78, 5) is 24.9. The molecule has 1 heterocycles. The molecule has 0 aromatic heterocycles. The molecule has 1 unspecified atom stereocenters. The highest BCUT2D eigenvalue weighted by Gasteiger charge is 2.17. The molecule has 1 aliphatic heterocycles. The van der Waals surface area contributed by atoms with Crippen LogP contribution in [0.3, 0.4) is 0 Å². The van der Waals surface area contributed by atoms with Crippen LogP contribution in [-0.4, -0.2) is 42.4 Å². The number of cyclic esters (lactones) is 1. The molecule has 1 saturated heterocycles. The van der Waals surface area contributed by atoms with Crippen LogP contribution in [0.4, 0.5) is 0 Å². The van der Waals surface area contributed by atoms with Crippen molar-refractivity contribution in [3.05, 3.63) is 0 Å². The van der Waals surface area contributed by atoms with Gasteiger partial charge in [0.2, 0.25) is 5.91 Å². The van der Waals surface area contributed by atoms with Crippen LogP contribution in [0.2, 0.25) is 0 Å². The number of nitrogens with one attached hydrogen (secondary N) is 2. The van der Waals surface area contributed by atoms with Crippen LogP contribution in [0.25, 0.3) is 0 Å². The van der Waals surface area contributed by atoms with Crippen LogP contribution in [-0.2, 0) is 14.3 Å². The number of rotatable bonds is 1. The average Bonchev–Trinajstić information content (AvgIpc) is 2.44. The summed E-state index contributed by atoms with van der Waals surface area (Å²) in [6.45, 7) is 1.99. The summed E-state index contributed by atoms with van der Waals surface area (Å²) in [5.41, 5.74) is 0. The van der Waals surface area contributed by atoms with E-state index in [0.29, 0.717) is 6.42 Å². The number of ether oxygens (including phenoxy) is 1. The van der Waals surface area contributed by atoms with Gasteiger partial charge in [0.15, 0.2) is 5.96 Å². The Morgan fingerprint density at radius 2 is 1.90 bits per heavy atom. The van der Waals surface area contributed by atoms with E-state index in [1.54, 1.807) is 7.05 Å². The monoisotopic (exact) mass is 297 g/mol. The maximum Gasteiger partial charge on any atom is 0.325 e. The SMILES string of the molecule is CCC1CCCCCCCC(=O)NC(=N)N(C)CC(=O)O1. The fourth-order valence-electron chi connectivity index (χ4n) is 2.32. The van der Waals surface area contributed by atoms with Gasteiger partial charge >= 0.3 is 5.97 Å². The molecule has 0 saturated carbocycles. The zero-order valence-electron chi connectivity index (χ0n) is 13.1. The van der Waals surface area contributed by atoms with Gasteiger partial charge in [0.05, 0.1) is 0 Å². The molecule has 0 radical (unpaired) electrons. The fraction of sp³-hybridized carbons (Fsp3) is 0.800. The number of likely N-dealkylation sites (N-methyl/N-ethyl adjacent to an activating group) is 1. The molecule has 1 fully saturated rings. The third-order valence-corrected chi connectivity index (χ3v) is 3.69. The Bertz CT molecular complexity index is 371. The van der Waals surface area contributed by atoms with Crippen molar-refractivity contribution in [3.8, 4) is 0 Å². The molecule has 1 aliphatic rings. The molecule has 1 atom stereocenters. The molecule has 1 amide bonds. The minimum atomic E-state index is -0.349. The van der Waals surface area contributed by atoms with Gasteiger partial charge in [-0.2, -0.15) is 0 Å². The number of hydrogen-bond donors (Lipinski definition) is 2. The third kappa shape index (κ3) is 7.11. The first-order chi connectivity index (χ1) is 10.0. The van der Waals surface area contributed by atoms with Gasteiger partial charge < -0.3 is 9.64 Å². The van der Waals surface area contributed by atoms with E-state index in [4.69, 9.17) is 10.1 Å². The van der Waals surface area contributed by atoms with Gasteiger partial charge in [-0.15, -0.1) is 0 Å². The highest BCUT2D eigenvalue weighted by Crippen LogP contribution is 2.13. The second-order valence-electron chi connectivity index (χ2n) is 5.58. The highest BCUT2D eigenvalue weighted by atomic mass is 16.5. The lowest BCUT2D eigenvalue weighted by molar-refractivity contribution is -0.149. The smallest absolute Gasteiger partial charge is 0.325 e. The Balaban J connectivity index is 2.61. The van der Waals surface area contributed by atoms with Gasteiger partial charge in [0, 0.05) is 13.5 Å². The van der Waals surface area contributed by atoms with Crippen molar-refractivity contribution < 1.29 is 14.3 Å². The molecule has 0 spiro atoms. The zero-order chi connectivity index (χ0) is 15.7. The van der Waals surface area contributed by atoms with Gasteiger partial charge in [-0.25, -0.2) is 0 Å². The van der Waals surface area contributed by atoms with Crippen molar-refractivity contribution in [2.75, 3.05) is 13.6 Å². The van der Waals surface area contributed by atoms with Crippen molar-refractivity contribution in [1.82, 2.24) is 10.2 Å². The second kappa shape index (κ2) is 9.37. The molecule has 0 aromatic rings. The lowest BCUT2D eigenvalue weighted by atomic mass is 10.1. The molecule has 2 N–H and O–H groups in total. The third-order valence-electron chi connectivity index (χ3n) is 3.69. The van der Waals surface area contributed by atoms with E-state index in [2.05, 4.69) is 5.32 Å². The van der Waals surface area contributed by atoms with E-state index in [1.165, 1.54) is 4.90 Å². The molecular weight excluding hydrogens is 270 g/mol. The summed E-state index contributed by atoms with van der Waals surface area (Å²) >= 11 is 0. The van der Waals surface area contributed by atoms with Crippen LogP contribution >= 0.6 is 0 Å². The van der Waals surface area contributed by atoms with Crippen molar-refractivity contribution in [3.63, 3.8) is 0 Å². The summed E-state index contributed by atoms with van der Waals surface area (Å²) in [7, 11) is 1.60. The number of nitrogens with zero attached hydrogens (tertiary/aromatic N) is 1. The Morgan fingerprint density at radius 3 is 2.62 bits per heavy atom. The summed E-state index contributed by atoms with van der Waals surface area (Å²) in [6, 6.07) is 0. The Morgan fingerprint density at radius 1 is 1.24 bits per heavy atom. The molecule has 6 heteroatoms. The lowest BCUT2D eigenvalue weighted by Crippen LogP contribution is -2.44. The summed E-state index contributed by atoms with van der Waals surface area (Å²) in [5, 5.41) is 10.3. The molecule has 1 rings (SSSR count). The molecule has 0 aliphatic carbocycles. The number of guanidine groups is 1. The molecule has 6 nitrogen and oxygen atoms in total. The standard InChI is InChI=1S/C15H27N3O3/c1-3-12-9-7-5-4-6-8-10-13(19)17-15(16)18(2)11-14(20)21-12/h12H,3-11H2,1-2H3,(H2,16,17,19). The molecule has 0 aromatic carbocycles. The second-order valence-corrected chi connectivity index (χ2v) is 5.58. The normalized spacial score (nSPS) is 23.8. The fourth-order valence-corrected chi connectivity index (χ4v) is 2.32. The summed E-state index contributed by atoms with van der Waals surface area (Å²) in [6.07, 6.45) is 7.19. The minimum absolute atomic E-state index is 0.0182.